The number of likely N-dealkylation sites (tertiary alicyclic amines) is 1. The van der Waals surface area contributed by atoms with E-state index in [-0.39, 0.29) is 0 Å². The highest BCUT2D eigenvalue weighted by molar-refractivity contribution is 5.95. The van der Waals surface area contributed by atoms with Crippen LogP contribution in [0.15, 0.2) is 55.1 Å². The Labute approximate surface area is 179 Å². The molecule has 0 spiro atoms. The van der Waals surface area contributed by atoms with Crippen LogP contribution in [-0.4, -0.2) is 48.1 Å². The summed E-state index contributed by atoms with van der Waals surface area (Å²) in [5.74, 6) is 0. The Morgan fingerprint density at radius 3 is 2.74 bits per heavy atom. The van der Waals surface area contributed by atoms with Crippen molar-refractivity contribution in [3.05, 3.63) is 60.7 Å². The van der Waals surface area contributed by atoms with Crippen LogP contribution in [-0.2, 0) is 6.54 Å². The molecule has 1 aliphatic rings. The van der Waals surface area contributed by atoms with Crippen molar-refractivity contribution in [1.29, 1.82) is 0 Å². The van der Waals surface area contributed by atoms with Crippen LogP contribution in [0.2, 0.25) is 0 Å². The highest BCUT2D eigenvalue weighted by atomic mass is 15.2. The number of pyridine rings is 3. The Morgan fingerprint density at radius 1 is 0.935 bits per heavy atom. The van der Waals surface area contributed by atoms with Gasteiger partial charge in [-0.05, 0) is 61.8 Å². The quantitative estimate of drug-likeness (QED) is 0.455. The zero-order chi connectivity index (χ0) is 20.6. The van der Waals surface area contributed by atoms with Gasteiger partial charge in [-0.25, -0.2) is 4.98 Å². The van der Waals surface area contributed by atoms with Gasteiger partial charge < -0.3 is 4.98 Å². The average Bonchev–Trinajstić information content (AvgIpc) is 3.43. The fraction of sp³-hybridized carbons (Fsp3) is 0.250. The third kappa shape index (κ3) is 3.47. The molecule has 0 aliphatic carbocycles. The van der Waals surface area contributed by atoms with Crippen LogP contribution in [0.4, 0.5) is 0 Å². The molecule has 31 heavy (non-hydrogen) atoms. The molecule has 2 N–H and O–H groups in total. The highest BCUT2D eigenvalue weighted by Gasteiger charge is 2.14. The van der Waals surface area contributed by atoms with Crippen molar-refractivity contribution in [2.75, 3.05) is 13.1 Å². The summed E-state index contributed by atoms with van der Waals surface area (Å²) in [6.45, 7) is 3.31. The van der Waals surface area contributed by atoms with E-state index in [4.69, 9.17) is 0 Å². The van der Waals surface area contributed by atoms with Crippen LogP contribution >= 0.6 is 0 Å². The van der Waals surface area contributed by atoms with Crippen LogP contribution < -0.4 is 0 Å². The van der Waals surface area contributed by atoms with E-state index in [0.717, 1.165) is 45.5 Å². The maximum absolute atomic E-state index is 4.59. The van der Waals surface area contributed by atoms with Gasteiger partial charge in [0.1, 0.15) is 0 Å². The van der Waals surface area contributed by atoms with Gasteiger partial charge in [-0.15, -0.1) is 0 Å². The SMILES string of the molecule is c1cnc2cc(-c3[nH]nc4ncc(-c5cncc(CN6CCCCC6)c5)cc34)[nH]c2c1. The first-order valence-corrected chi connectivity index (χ1v) is 10.8. The zero-order valence-electron chi connectivity index (χ0n) is 17.2. The number of hydrogen-bond acceptors (Lipinski definition) is 5. The van der Waals surface area contributed by atoms with Gasteiger partial charge in [0.2, 0.25) is 0 Å². The van der Waals surface area contributed by atoms with E-state index in [1.54, 1.807) is 6.20 Å². The standard InChI is InChI=1S/C24H23N7/c1-2-7-31(8-3-1)15-16-9-17(13-25-12-16)18-10-19-23(29-30-24(19)27-14-18)22-11-21-20(28-22)5-4-6-26-21/h4-6,9-14,28H,1-3,7-8,15H2,(H,27,29,30). The Kier molecular flexibility index (Phi) is 4.46. The second-order valence-electron chi connectivity index (χ2n) is 8.23. The summed E-state index contributed by atoms with van der Waals surface area (Å²) in [5, 5.41) is 8.51. The van der Waals surface area contributed by atoms with Gasteiger partial charge in [0, 0.05) is 47.8 Å². The summed E-state index contributed by atoms with van der Waals surface area (Å²) in [6, 6.07) is 10.4. The molecule has 0 atom stereocenters. The predicted molar refractivity (Wildman–Crippen MR) is 121 cm³/mol. The molecule has 6 rings (SSSR count). The molecular formula is C24H23N7. The molecular weight excluding hydrogens is 386 g/mol. The average molecular weight is 409 g/mol. The van der Waals surface area contributed by atoms with Gasteiger partial charge >= 0.3 is 0 Å². The number of nitrogens with one attached hydrogen (secondary N) is 2. The molecule has 7 heteroatoms. The number of hydrogen-bond donors (Lipinski definition) is 2. The maximum Gasteiger partial charge on any atom is 0.181 e. The van der Waals surface area contributed by atoms with Crippen molar-refractivity contribution in [3.8, 4) is 22.5 Å². The van der Waals surface area contributed by atoms with E-state index in [1.807, 2.05) is 36.8 Å². The number of rotatable bonds is 4. The second-order valence-corrected chi connectivity index (χ2v) is 8.23. The molecule has 1 aliphatic heterocycles. The van der Waals surface area contributed by atoms with Crippen molar-refractivity contribution < 1.29 is 0 Å². The van der Waals surface area contributed by atoms with Crippen molar-refractivity contribution in [2.45, 2.75) is 25.8 Å². The van der Waals surface area contributed by atoms with E-state index in [2.05, 4.69) is 47.2 Å². The molecule has 154 valence electrons. The largest absolute Gasteiger partial charge is 0.352 e. The molecule has 1 saturated heterocycles. The lowest BCUT2D eigenvalue weighted by molar-refractivity contribution is 0.220. The van der Waals surface area contributed by atoms with Gasteiger partial charge in [0.15, 0.2) is 5.65 Å². The van der Waals surface area contributed by atoms with Gasteiger partial charge in [0.05, 0.1) is 22.4 Å². The topological polar surface area (TPSA) is 86.4 Å². The Morgan fingerprint density at radius 2 is 1.84 bits per heavy atom. The molecule has 0 unspecified atom stereocenters. The Hall–Kier alpha value is -3.58. The van der Waals surface area contributed by atoms with Crippen LogP contribution in [0.3, 0.4) is 0 Å². The molecule has 5 aromatic heterocycles. The summed E-state index contributed by atoms with van der Waals surface area (Å²) in [6.07, 6.45) is 11.5. The Balaban J connectivity index is 1.36. The summed E-state index contributed by atoms with van der Waals surface area (Å²) < 4.78 is 0. The molecule has 0 radical (unpaired) electrons. The van der Waals surface area contributed by atoms with Crippen LogP contribution in [0, 0.1) is 0 Å². The fourth-order valence-corrected chi connectivity index (χ4v) is 4.46. The highest BCUT2D eigenvalue weighted by Crippen LogP contribution is 2.30. The van der Waals surface area contributed by atoms with Crippen LogP contribution in [0.25, 0.3) is 44.6 Å². The van der Waals surface area contributed by atoms with E-state index in [9.17, 15) is 0 Å². The van der Waals surface area contributed by atoms with Gasteiger partial charge in [-0.3, -0.25) is 20.0 Å². The fourth-order valence-electron chi connectivity index (χ4n) is 4.46. The summed E-state index contributed by atoms with van der Waals surface area (Å²) >= 11 is 0. The third-order valence-electron chi connectivity index (χ3n) is 6.05. The minimum absolute atomic E-state index is 0.697. The summed E-state index contributed by atoms with van der Waals surface area (Å²) in [7, 11) is 0. The van der Waals surface area contributed by atoms with Crippen LogP contribution in [0.5, 0.6) is 0 Å². The monoisotopic (exact) mass is 409 g/mol. The first-order valence-electron chi connectivity index (χ1n) is 10.8. The second kappa shape index (κ2) is 7.59. The normalized spacial score (nSPS) is 15.1. The van der Waals surface area contributed by atoms with Crippen molar-refractivity contribution in [2.24, 2.45) is 0 Å². The van der Waals surface area contributed by atoms with E-state index >= 15 is 0 Å². The van der Waals surface area contributed by atoms with E-state index < -0.39 is 0 Å². The molecule has 0 amide bonds. The smallest absolute Gasteiger partial charge is 0.181 e. The molecule has 5 aromatic rings. The van der Waals surface area contributed by atoms with Gasteiger partial charge in [-0.2, -0.15) is 5.10 Å². The lowest BCUT2D eigenvalue weighted by Crippen LogP contribution is -2.29. The summed E-state index contributed by atoms with van der Waals surface area (Å²) in [4.78, 5) is 19.5. The van der Waals surface area contributed by atoms with Gasteiger partial charge in [-0.1, -0.05) is 6.42 Å². The number of aromatic amines is 2. The van der Waals surface area contributed by atoms with Gasteiger partial charge in [0.25, 0.3) is 0 Å². The first-order chi connectivity index (χ1) is 15.3. The number of aromatic nitrogens is 6. The van der Waals surface area contributed by atoms with Crippen molar-refractivity contribution in [1.82, 2.24) is 35.0 Å². The lowest BCUT2D eigenvalue weighted by atomic mass is 10.0. The summed E-state index contributed by atoms with van der Waals surface area (Å²) in [5.41, 5.74) is 7.85. The molecule has 0 aromatic carbocycles. The Bertz CT molecular complexity index is 1330. The minimum Gasteiger partial charge on any atom is -0.352 e. The number of fused-ring (bicyclic) bond motifs is 2. The lowest BCUT2D eigenvalue weighted by Gasteiger charge is -2.26. The molecule has 1 fully saturated rings. The van der Waals surface area contributed by atoms with Crippen molar-refractivity contribution in [3.63, 3.8) is 0 Å². The van der Waals surface area contributed by atoms with Crippen molar-refractivity contribution >= 4 is 22.1 Å². The molecule has 0 bridgehead atoms. The van der Waals surface area contributed by atoms with Crippen LogP contribution in [0.1, 0.15) is 24.8 Å². The maximum atomic E-state index is 4.59. The van der Waals surface area contributed by atoms with E-state index in [0.29, 0.717) is 5.65 Å². The van der Waals surface area contributed by atoms with E-state index in [1.165, 1.54) is 37.9 Å². The molecule has 7 nitrogen and oxygen atoms in total. The number of nitrogens with zero attached hydrogens (tertiary/aromatic N) is 5. The minimum atomic E-state index is 0.697. The molecule has 0 saturated carbocycles. The first kappa shape index (κ1) is 18.2. The third-order valence-corrected chi connectivity index (χ3v) is 6.05. The number of H-pyrrole nitrogens is 2. The molecule has 6 heterocycles. The predicted octanol–water partition coefficient (Wildman–Crippen LogP) is 4.55. The zero-order valence-corrected chi connectivity index (χ0v) is 17.2. The number of piperidine rings is 1.